The predicted octanol–water partition coefficient (Wildman–Crippen LogP) is 1.83. The Labute approximate surface area is 135 Å². The maximum absolute atomic E-state index is 9.75. The number of piperidine rings is 1. The Kier molecular flexibility index (Phi) is 4.37. The Morgan fingerprint density at radius 1 is 1.27 bits per heavy atom. The maximum atomic E-state index is 9.75. The molecule has 1 N–H and O–H groups in total. The van der Waals surface area contributed by atoms with Crippen LogP contribution in [0.5, 0.6) is 0 Å². The monoisotopic (exact) mass is 319 g/mol. The lowest BCUT2D eigenvalue weighted by Crippen LogP contribution is -2.39. The van der Waals surface area contributed by atoms with Gasteiger partial charge in [0.05, 0.1) is 18.5 Å². The van der Waals surface area contributed by atoms with Gasteiger partial charge in [-0.2, -0.15) is 4.68 Å². The first kappa shape index (κ1) is 15.3. The summed E-state index contributed by atoms with van der Waals surface area (Å²) in [5.74, 6) is 0. The molecule has 0 aliphatic carbocycles. The van der Waals surface area contributed by atoms with E-state index < -0.39 is 0 Å². The van der Waals surface area contributed by atoms with E-state index in [1.165, 1.54) is 11.1 Å². The molecule has 6 nitrogen and oxygen atoms in total. The summed E-state index contributed by atoms with van der Waals surface area (Å²) in [7, 11) is 0. The largest absolute Gasteiger partial charge is 0.392 e. The van der Waals surface area contributed by atoms with Crippen LogP contribution in [0.2, 0.25) is 0 Å². The second-order valence-electron chi connectivity index (χ2n) is 5.96. The van der Waals surface area contributed by atoms with Gasteiger partial charge < -0.3 is 5.11 Å². The molecule has 1 aromatic carbocycles. The Morgan fingerprint density at radius 2 is 2.09 bits per heavy atom. The molecule has 0 saturated carbocycles. The molecular weight excluding hydrogens is 298 g/mol. The van der Waals surface area contributed by atoms with Gasteiger partial charge in [-0.1, -0.05) is 6.07 Å². The molecule has 0 bridgehead atoms. The molecule has 1 aliphatic heterocycles. The van der Waals surface area contributed by atoms with E-state index in [2.05, 4.69) is 41.3 Å². The summed E-state index contributed by atoms with van der Waals surface area (Å²) in [4.78, 5) is 2.16. The van der Waals surface area contributed by atoms with Crippen LogP contribution in [0.4, 0.5) is 0 Å². The van der Waals surface area contributed by atoms with Crippen LogP contribution >= 0.6 is 12.2 Å². The zero-order valence-corrected chi connectivity index (χ0v) is 13.8. The molecule has 7 heteroatoms. The lowest BCUT2D eigenvalue weighted by atomic mass is 10.1. The molecule has 0 unspecified atom stereocenters. The first-order chi connectivity index (χ1) is 10.5. The topological polar surface area (TPSA) is 59.1 Å². The number of aromatic nitrogens is 4. The van der Waals surface area contributed by atoms with Crippen molar-refractivity contribution in [3.05, 3.63) is 34.1 Å². The zero-order chi connectivity index (χ0) is 15.7. The van der Waals surface area contributed by atoms with Gasteiger partial charge in [0.25, 0.3) is 0 Å². The summed E-state index contributed by atoms with van der Waals surface area (Å²) in [5, 5.41) is 18.1. The molecular formula is C15H21N5OS. The van der Waals surface area contributed by atoms with E-state index in [0.29, 0.717) is 18.0 Å². The van der Waals surface area contributed by atoms with Gasteiger partial charge in [-0.25, -0.2) is 4.68 Å². The van der Waals surface area contributed by atoms with Gasteiger partial charge in [-0.15, -0.1) is 0 Å². The fourth-order valence-corrected chi connectivity index (χ4v) is 2.97. The Hall–Kier alpha value is -1.57. The summed E-state index contributed by atoms with van der Waals surface area (Å²) < 4.78 is 3.97. The molecule has 1 fully saturated rings. The van der Waals surface area contributed by atoms with Crippen LogP contribution in [0.15, 0.2) is 18.2 Å². The van der Waals surface area contributed by atoms with E-state index in [9.17, 15) is 5.11 Å². The number of aliphatic hydroxyl groups is 1. The van der Waals surface area contributed by atoms with Crippen molar-refractivity contribution >= 4 is 12.2 Å². The van der Waals surface area contributed by atoms with E-state index in [4.69, 9.17) is 12.2 Å². The number of hydrogen-bond acceptors (Lipinski definition) is 5. The molecule has 22 heavy (non-hydrogen) atoms. The number of aryl methyl sites for hydroxylation is 2. The highest BCUT2D eigenvalue weighted by atomic mass is 32.1. The minimum atomic E-state index is -0.252. The van der Waals surface area contributed by atoms with E-state index in [0.717, 1.165) is 25.1 Å². The Balaban J connectivity index is 1.82. The smallest absolute Gasteiger partial charge is 0.221 e. The third kappa shape index (κ3) is 3.11. The number of aliphatic hydroxyl groups excluding tert-OH is 1. The van der Waals surface area contributed by atoms with Crippen molar-refractivity contribution < 1.29 is 5.11 Å². The minimum absolute atomic E-state index is 0.252. The number of nitrogens with zero attached hydrogens (tertiary/aromatic N) is 5. The SMILES string of the molecule is Cc1ccc(-n2nnn(CN3CCC[C@H](O)C3)c2=S)cc1C. The average molecular weight is 319 g/mol. The van der Waals surface area contributed by atoms with E-state index in [-0.39, 0.29) is 6.10 Å². The lowest BCUT2D eigenvalue weighted by molar-refractivity contribution is 0.0509. The van der Waals surface area contributed by atoms with Gasteiger partial charge in [-0.3, -0.25) is 4.90 Å². The fraction of sp³-hybridized carbons (Fsp3) is 0.533. The minimum Gasteiger partial charge on any atom is -0.392 e. The molecule has 0 radical (unpaired) electrons. The van der Waals surface area contributed by atoms with Crippen molar-refractivity contribution in [3.63, 3.8) is 0 Å². The lowest BCUT2D eigenvalue weighted by Gasteiger charge is -2.29. The molecule has 0 spiro atoms. The maximum Gasteiger partial charge on any atom is 0.221 e. The van der Waals surface area contributed by atoms with Crippen LogP contribution in [-0.2, 0) is 6.67 Å². The molecule has 118 valence electrons. The first-order valence-corrected chi connectivity index (χ1v) is 7.96. The highest BCUT2D eigenvalue weighted by Crippen LogP contribution is 2.14. The molecule has 1 aliphatic rings. The second kappa shape index (κ2) is 6.28. The highest BCUT2D eigenvalue weighted by molar-refractivity contribution is 7.71. The molecule has 1 saturated heterocycles. The van der Waals surface area contributed by atoms with Crippen LogP contribution in [-0.4, -0.2) is 49.0 Å². The second-order valence-corrected chi connectivity index (χ2v) is 6.32. The van der Waals surface area contributed by atoms with E-state index in [1.54, 1.807) is 9.36 Å². The Bertz CT molecular complexity index is 723. The number of β-amino-alcohol motifs (C(OH)–C–C–N with tert-alkyl or cyclic N) is 1. The highest BCUT2D eigenvalue weighted by Gasteiger charge is 2.19. The summed E-state index contributed by atoms with van der Waals surface area (Å²) in [6, 6.07) is 6.13. The van der Waals surface area contributed by atoms with Gasteiger partial charge >= 0.3 is 0 Å². The number of rotatable bonds is 3. The van der Waals surface area contributed by atoms with Crippen molar-refractivity contribution in [3.8, 4) is 5.69 Å². The zero-order valence-electron chi connectivity index (χ0n) is 12.9. The van der Waals surface area contributed by atoms with E-state index in [1.807, 2.05) is 6.07 Å². The summed E-state index contributed by atoms with van der Waals surface area (Å²) >= 11 is 5.49. The molecule has 0 amide bonds. The summed E-state index contributed by atoms with van der Waals surface area (Å²) in [6.07, 6.45) is 1.62. The summed E-state index contributed by atoms with van der Waals surface area (Å²) in [5.41, 5.74) is 3.37. The average Bonchev–Trinajstić information content (AvgIpc) is 2.83. The van der Waals surface area contributed by atoms with Crippen molar-refractivity contribution in [1.29, 1.82) is 0 Å². The quantitative estimate of drug-likeness (QED) is 0.875. The molecule has 1 atom stereocenters. The number of likely N-dealkylation sites (tertiary alicyclic amines) is 1. The third-order valence-electron chi connectivity index (χ3n) is 4.19. The normalized spacial score (nSPS) is 19.5. The Morgan fingerprint density at radius 3 is 2.82 bits per heavy atom. The van der Waals surface area contributed by atoms with Gasteiger partial charge in [-0.05, 0) is 72.6 Å². The molecule has 2 heterocycles. The number of hydrogen-bond donors (Lipinski definition) is 1. The first-order valence-electron chi connectivity index (χ1n) is 7.55. The van der Waals surface area contributed by atoms with Gasteiger partial charge in [0.2, 0.25) is 4.77 Å². The standard InChI is InChI=1S/C15H21N5OS/c1-11-5-6-13(8-12(11)2)20-15(22)19(16-17-20)10-18-7-3-4-14(21)9-18/h5-6,8,14,21H,3-4,7,9-10H2,1-2H3/t14-/m0/s1. The van der Waals surface area contributed by atoms with Gasteiger partial charge in [0, 0.05) is 13.1 Å². The third-order valence-corrected chi connectivity index (χ3v) is 4.57. The van der Waals surface area contributed by atoms with Crippen LogP contribution < -0.4 is 0 Å². The van der Waals surface area contributed by atoms with Crippen LogP contribution in [0.25, 0.3) is 5.69 Å². The van der Waals surface area contributed by atoms with E-state index >= 15 is 0 Å². The fourth-order valence-electron chi connectivity index (χ4n) is 2.73. The van der Waals surface area contributed by atoms with Crippen LogP contribution in [0, 0.1) is 18.6 Å². The van der Waals surface area contributed by atoms with Crippen LogP contribution in [0.1, 0.15) is 24.0 Å². The van der Waals surface area contributed by atoms with Gasteiger partial charge in [0.1, 0.15) is 0 Å². The van der Waals surface area contributed by atoms with Crippen molar-refractivity contribution in [2.24, 2.45) is 0 Å². The molecule has 1 aromatic heterocycles. The number of tetrazole rings is 1. The molecule has 3 rings (SSSR count). The number of benzene rings is 1. The molecule has 2 aromatic rings. The predicted molar refractivity (Wildman–Crippen MR) is 86.5 cm³/mol. The van der Waals surface area contributed by atoms with Crippen molar-refractivity contribution in [2.75, 3.05) is 13.1 Å². The van der Waals surface area contributed by atoms with Gasteiger partial charge in [0.15, 0.2) is 0 Å². The van der Waals surface area contributed by atoms with Crippen molar-refractivity contribution in [2.45, 2.75) is 39.5 Å². The van der Waals surface area contributed by atoms with Crippen molar-refractivity contribution in [1.82, 2.24) is 24.7 Å². The summed E-state index contributed by atoms with van der Waals surface area (Å²) in [6.45, 7) is 6.34. The van der Waals surface area contributed by atoms with Crippen LogP contribution in [0.3, 0.4) is 0 Å².